The number of hydrogen-bond acceptors (Lipinski definition) is 3. The van der Waals surface area contributed by atoms with Gasteiger partial charge in [0.2, 0.25) is 0 Å². The quantitative estimate of drug-likeness (QED) is 0.791. The summed E-state index contributed by atoms with van der Waals surface area (Å²) in [5.41, 5.74) is 2.81. The van der Waals surface area contributed by atoms with Gasteiger partial charge in [-0.3, -0.25) is 0 Å². The van der Waals surface area contributed by atoms with Crippen LogP contribution in [0, 0.1) is 5.92 Å². The molecule has 0 aliphatic carbocycles. The second-order valence-electron chi connectivity index (χ2n) is 5.71. The number of fused-ring (bicyclic) bond motifs is 1. The summed E-state index contributed by atoms with van der Waals surface area (Å²) in [6.07, 6.45) is 4.89. The molecule has 2 N–H and O–H groups in total. The molecule has 0 spiro atoms. The smallest absolute Gasteiger partial charge is 0.122 e. The minimum Gasteiger partial charge on any atom is -0.493 e. The van der Waals surface area contributed by atoms with Gasteiger partial charge in [-0.1, -0.05) is 12.1 Å². The zero-order chi connectivity index (χ0) is 12.9. The van der Waals surface area contributed by atoms with Crippen molar-refractivity contribution in [1.29, 1.82) is 0 Å². The first-order valence-corrected chi connectivity index (χ1v) is 7.58. The molecule has 2 heterocycles. The van der Waals surface area contributed by atoms with E-state index in [1.165, 1.54) is 37.1 Å². The summed E-state index contributed by atoms with van der Waals surface area (Å²) in [6, 6.07) is 6.64. The predicted octanol–water partition coefficient (Wildman–Crippen LogP) is 1.75. The van der Waals surface area contributed by atoms with E-state index < -0.39 is 0 Å². The lowest BCUT2D eigenvalue weighted by molar-refractivity contribution is 0.356. The van der Waals surface area contributed by atoms with E-state index >= 15 is 0 Å². The maximum Gasteiger partial charge on any atom is 0.122 e. The highest BCUT2D eigenvalue weighted by Crippen LogP contribution is 2.25. The first-order valence-electron chi connectivity index (χ1n) is 7.58. The Balaban J connectivity index is 1.40. The molecule has 0 amide bonds. The van der Waals surface area contributed by atoms with Gasteiger partial charge < -0.3 is 15.4 Å². The fraction of sp³-hybridized carbons (Fsp3) is 0.625. The molecule has 1 fully saturated rings. The van der Waals surface area contributed by atoms with Crippen LogP contribution in [0.25, 0.3) is 0 Å². The van der Waals surface area contributed by atoms with Gasteiger partial charge in [-0.05, 0) is 68.6 Å². The lowest BCUT2D eigenvalue weighted by Gasteiger charge is -2.22. The van der Waals surface area contributed by atoms with Crippen LogP contribution < -0.4 is 15.4 Å². The van der Waals surface area contributed by atoms with Crippen LogP contribution >= 0.6 is 0 Å². The Labute approximate surface area is 115 Å². The van der Waals surface area contributed by atoms with Gasteiger partial charge in [0.05, 0.1) is 6.61 Å². The molecule has 104 valence electrons. The molecule has 19 heavy (non-hydrogen) atoms. The van der Waals surface area contributed by atoms with Gasteiger partial charge in [-0.2, -0.15) is 0 Å². The van der Waals surface area contributed by atoms with Crippen molar-refractivity contribution in [3.05, 3.63) is 29.3 Å². The van der Waals surface area contributed by atoms with Gasteiger partial charge in [-0.25, -0.2) is 0 Å². The highest BCUT2D eigenvalue weighted by Gasteiger charge is 2.13. The molecule has 1 aromatic carbocycles. The van der Waals surface area contributed by atoms with E-state index in [1.54, 1.807) is 0 Å². The van der Waals surface area contributed by atoms with E-state index in [0.717, 1.165) is 44.2 Å². The van der Waals surface area contributed by atoms with Crippen molar-refractivity contribution in [3.8, 4) is 5.75 Å². The Hall–Kier alpha value is -1.06. The molecule has 1 unspecified atom stereocenters. The van der Waals surface area contributed by atoms with E-state index in [2.05, 4.69) is 28.8 Å². The van der Waals surface area contributed by atoms with Crippen molar-refractivity contribution in [3.63, 3.8) is 0 Å². The fourth-order valence-electron chi connectivity index (χ4n) is 3.03. The number of hydrogen-bond donors (Lipinski definition) is 2. The van der Waals surface area contributed by atoms with Crippen LogP contribution in [0.3, 0.4) is 0 Å². The topological polar surface area (TPSA) is 33.3 Å². The van der Waals surface area contributed by atoms with Gasteiger partial charge in [-0.15, -0.1) is 0 Å². The first-order chi connectivity index (χ1) is 9.42. The summed E-state index contributed by atoms with van der Waals surface area (Å²) < 4.78 is 5.54. The maximum absolute atomic E-state index is 5.54. The van der Waals surface area contributed by atoms with Crippen LogP contribution in [0.1, 0.15) is 24.0 Å². The monoisotopic (exact) mass is 260 g/mol. The van der Waals surface area contributed by atoms with Crippen LogP contribution in [-0.4, -0.2) is 32.8 Å². The summed E-state index contributed by atoms with van der Waals surface area (Å²) >= 11 is 0. The number of piperidine rings is 1. The van der Waals surface area contributed by atoms with E-state index in [-0.39, 0.29) is 0 Å². The number of ether oxygens (including phenoxy) is 1. The largest absolute Gasteiger partial charge is 0.493 e. The number of nitrogens with one attached hydrogen (secondary N) is 2. The van der Waals surface area contributed by atoms with Crippen molar-refractivity contribution in [2.45, 2.75) is 25.7 Å². The minimum atomic E-state index is 0.821. The van der Waals surface area contributed by atoms with Crippen LogP contribution in [0.5, 0.6) is 5.75 Å². The highest BCUT2D eigenvalue weighted by atomic mass is 16.5. The van der Waals surface area contributed by atoms with Crippen molar-refractivity contribution in [2.24, 2.45) is 5.92 Å². The summed E-state index contributed by atoms with van der Waals surface area (Å²) in [4.78, 5) is 0. The average molecular weight is 260 g/mol. The van der Waals surface area contributed by atoms with E-state index in [9.17, 15) is 0 Å². The molecule has 1 atom stereocenters. The predicted molar refractivity (Wildman–Crippen MR) is 77.8 cm³/mol. The average Bonchev–Trinajstić information content (AvgIpc) is 2.92. The SMILES string of the molecule is c1cc2c(cc1CCNCC1CCCNC1)CCO2. The van der Waals surface area contributed by atoms with Gasteiger partial charge in [0.15, 0.2) is 0 Å². The molecule has 0 saturated carbocycles. The van der Waals surface area contributed by atoms with Crippen molar-refractivity contribution in [1.82, 2.24) is 10.6 Å². The van der Waals surface area contributed by atoms with Gasteiger partial charge in [0.25, 0.3) is 0 Å². The van der Waals surface area contributed by atoms with Crippen LogP contribution in [0.4, 0.5) is 0 Å². The maximum atomic E-state index is 5.54. The van der Waals surface area contributed by atoms with E-state index in [1.807, 2.05) is 0 Å². The van der Waals surface area contributed by atoms with Gasteiger partial charge in [0.1, 0.15) is 5.75 Å². The third-order valence-corrected chi connectivity index (χ3v) is 4.18. The summed E-state index contributed by atoms with van der Waals surface area (Å²) in [5, 5.41) is 7.07. The standard InChI is InChI=1S/C16H24N2O/c1-2-14(11-17-7-1)12-18-8-5-13-3-4-16-15(10-13)6-9-19-16/h3-4,10,14,17-18H,1-2,5-9,11-12H2. The second-order valence-corrected chi connectivity index (χ2v) is 5.71. The van der Waals surface area contributed by atoms with Crippen LogP contribution in [0.15, 0.2) is 18.2 Å². The molecule has 3 heteroatoms. The Morgan fingerprint density at radius 1 is 1.37 bits per heavy atom. The zero-order valence-electron chi connectivity index (χ0n) is 11.6. The van der Waals surface area contributed by atoms with Crippen molar-refractivity contribution < 1.29 is 4.74 Å². The van der Waals surface area contributed by atoms with Gasteiger partial charge >= 0.3 is 0 Å². The molecule has 1 aromatic rings. The lowest BCUT2D eigenvalue weighted by Crippen LogP contribution is -2.36. The lowest BCUT2D eigenvalue weighted by atomic mass is 9.99. The number of benzene rings is 1. The molecular formula is C16H24N2O. The first kappa shape index (κ1) is 12.9. The molecule has 0 aromatic heterocycles. The van der Waals surface area contributed by atoms with Crippen molar-refractivity contribution in [2.75, 3.05) is 32.8 Å². The normalized spacial score (nSPS) is 22.0. The summed E-state index contributed by atoms with van der Waals surface area (Å²) in [7, 11) is 0. The molecule has 3 rings (SSSR count). The van der Waals surface area contributed by atoms with Crippen molar-refractivity contribution >= 4 is 0 Å². The molecular weight excluding hydrogens is 236 g/mol. The Bertz CT molecular complexity index is 413. The molecule has 1 saturated heterocycles. The van der Waals surface area contributed by atoms with E-state index in [4.69, 9.17) is 4.74 Å². The summed E-state index contributed by atoms with van der Waals surface area (Å²) in [5.74, 6) is 1.91. The summed E-state index contributed by atoms with van der Waals surface area (Å²) in [6.45, 7) is 5.47. The Morgan fingerprint density at radius 3 is 3.26 bits per heavy atom. The van der Waals surface area contributed by atoms with Crippen LogP contribution in [-0.2, 0) is 12.8 Å². The number of rotatable bonds is 5. The zero-order valence-corrected chi connectivity index (χ0v) is 11.6. The third-order valence-electron chi connectivity index (χ3n) is 4.18. The Kier molecular flexibility index (Phi) is 4.36. The molecule has 2 aliphatic rings. The highest BCUT2D eigenvalue weighted by molar-refractivity contribution is 5.39. The van der Waals surface area contributed by atoms with E-state index in [0.29, 0.717) is 0 Å². The fourth-order valence-corrected chi connectivity index (χ4v) is 3.03. The molecule has 3 nitrogen and oxygen atoms in total. The minimum absolute atomic E-state index is 0.821. The third kappa shape index (κ3) is 3.48. The molecule has 0 radical (unpaired) electrons. The molecule has 2 aliphatic heterocycles. The van der Waals surface area contributed by atoms with Crippen LogP contribution in [0.2, 0.25) is 0 Å². The molecule has 0 bridgehead atoms. The second kappa shape index (κ2) is 6.40. The Morgan fingerprint density at radius 2 is 2.37 bits per heavy atom. The van der Waals surface area contributed by atoms with Gasteiger partial charge in [0, 0.05) is 6.42 Å².